The largest absolute Gasteiger partial charge is 0.468 e. The molecule has 0 amide bonds. The number of ether oxygens (including phenoxy) is 4. The van der Waals surface area contributed by atoms with Gasteiger partial charge >= 0.3 is 23.9 Å². The molecule has 0 bridgehead atoms. The minimum Gasteiger partial charge on any atom is -0.468 e. The lowest BCUT2D eigenvalue weighted by Gasteiger charge is -2.21. The van der Waals surface area contributed by atoms with E-state index in [2.05, 4.69) is 5.32 Å². The van der Waals surface area contributed by atoms with Gasteiger partial charge in [0.15, 0.2) is 11.5 Å². The normalized spacial score (nSPS) is 13.2. The lowest BCUT2D eigenvalue weighted by molar-refractivity contribution is -0.152. The third-order valence-corrected chi connectivity index (χ3v) is 5.94. The Labute approximate surface area is 226 Å². The number of benzene rings is 1. The molecule has 214 valence electrons. The Morgan fingerprint density at radius 3 is 2.00 bits per heavy atom. The monoisotopic (exact) mass is 535 g/mol. The Bertz CT molecular complexity index is 901. The second kappa shape index (κ2) is 18.3. The standard InChI is InChI=1S/C29H45NO8/c1-7-10-13-26(31)37-24-16-15-22(18-25(24)38-27(32)14-11-8-2)17-23(29(34)35-6)30-19-21(5)36-28(33)20(4)12-9-3/h15-16,18,20-21,23,30H,7-14,17,19H2,1-6H3/t20?,21?,23-/m0/s1. The molecule has 0 aliphatic rings. The van der Waals surface area contributed by atoms with Crippen LogP contribution in [0, 0.1) is 5.92 Å². The average molecular weight is 536 g/mol. The van der Waals surface area contributed by atoms with E-state index >= 15 is 0 Å². The summed E-state index contributed by atoms with van der Waals surface area (Å²) in [5, 5.41) is 3.11. The molecule has 0 heterocycles. The predicted octanol–water partition coefficient (Wildman–Crippen LogP) is 4.92. The maximum Gasteiger partial charge on any atom is 0.323 e. The first-order valence-corrected chi connectivity index (χ1v) is 13.7. The molecule has 0 saturated carbocycles. The van der Waals surface area contributed by atoms with Crippen molar-refractivity contribution in [1.29, 1.82) is 0 Å². The van der Waals surface area contributed by atoms with Crippen molar-refractivity contribution in [3.05, 3.63) is 23.8 Å². The van der Waals surface area contributed by atoms with Crippen molar-refractivity contribution >= 4 is 23.9 Å². The fourth-order valence-corrected chi connectivity index (χ4v) is 3.67. The van der Waals surface area contributed by atoms with Crippen molar-refractivity contribution in [2.24, 2.45) is 5.92 Å². The molecule has 0 aliphatic carbocycles. The van der Waals surface area contributed by atoms with Gasteiger partial charge in [0.2, 0.25) is 0 Å². The van der Waals surface area contributed by atoms with Crippen LogP contribution in [0.3, 0.4) is 0 Å². The van der Waals surface area contributed by atoms with Crippen LogP contribution in [0.25, 0.3) is 0 Å². The summed E-state index contributed by atoms with van der Waals surface area (Å²) in [7, 11) is 1.30. The van der Waals surface area contributed by atoms with Crippen molar-refractivity contribution in [2.75, 3.05) is 13.7 Å². The molecular formula is C29H45NO8. The third kappa shape index (κ3) is 12.5. The number of hydrogen-bond donors (Lipinski definition) is 1. The fourth-order valence-electron chi connectivity index (χ4n) is 3.67. The summed E-state index contributed by atoms with van der Waals surface area (Å²) in [5.41, 5.74) is 0.667. The third-order valence-electron chi connectivity index (χ3n) is 5.94. The van der Waals surface area contributed by atoms with Crippen LogP contribution in [0.2, 0.25) is 0 Å². The molecule has 2 unspecified atom stereocenters. The Morgan fingerprint density at radius 2 is 1.45 bits per heavy atom. The molecule has 1 N–H and O–H groups in total. The molecule has 1 aromatic rings. The van der Waals surface area contributed by atoms with Gasteiger partial charge < -0.3 is 24.3 Å². The zero-order valence-corrected chi connectivity index (χ0v) is 23.8. The van der Waals surface area contributed by atoms with E-state index in [1.54, 1.807) is 25.1 Å². The first-order valence-electron chi connectivity index (χ1n) is 13.7. The molecule has 38 heavy (non-hydrogen) atoms. The van der Waals surface area contributed by atoms with E-state index in [1.165, 1.54) is 7.11 Å². The number of methoxy groups -OCH3 is 1. The van der Waals surface area contributed by atoms with Gasteiger partial charge in [-0.15, -0.1) is 0 Å². The summed E-state index contributed by atoms with van der Waals surface area (Å²) in [6, 6.07) is 4.13. The van der Waals surface area contributed by atoms with Crippen molar-refractivity contribution in [3.8, 4) is 11.5 Å². The first-order chi connectivity index (χ1) is 18.1. The molecule has 3 atom stereocenters. The van der Waals surface area contributed by atoms with Gasteiger partial charge in [-0.3, -0.25) is 19.2 Å². The molecule has 1 rings (SSSR count). The Morgan fingerprint density at radius 1 is 0.842 bits per heavy atom. The summed E-state index contributed by atoms with van der Waals surface area (Å²) in [5.74, 6) is -1.49. The van der Waals surface area contributed by atoms with Crippen molar-refractivity contribution in [3.63, 3.8) is 0 Å². The molecule has 0 spiro atoms. The average Bonchev–Trinajstić information content (AvgIpc) is 2.89. The number of esters is 4. The van der Waals surface area contributed by atoms with Gasteiger partial charge in [-0.1, -0.05) is 53.0 Å². The zero-order valence-electron chi connectivity index (χ0n) is 23.8. The summed E-state index contributed by atoms with van der Waals surface area (Å²) in [6.07, 6.45) is 4.96. The summed E-state index contributed by atoms with van der Waals surface area (Å²) in [4.78, 5) is 49.2. The van der Waals surface area contributed by atoms with Crippen LogP contribution >= 0.6 is 0 Å². The van der Waals surface area contributed by atoms with Crippen molar-refractivity contribution < 1.29 is 38.1 Å². The molecular weight excluding hydrogens is 490 g/mol. The Kier molecular flexibility index (Phi) is 16.0. The Balaban J connectivity index is 3.00. The fraction of sp³-hybridized carbons (Fsp3) is 0.655. The van der Waals surface area contributed by atoms with Gasteiger partial charge in [-0.25, -0.2) is 0 Å². The number of carbonyl (C=O) groups excluding carboxylic acids is 4. The van der Waals surface area contributed by atoms with E-state index in [1.807, 2.05) is 27.7 Å². The number of rotatable bonds is 18. The molecule has 9 nitrogen and oxygen atoms in total. The van der Waals surface area contributed by atoms with Crippen LogP contribution in [-0.4, -0.2) is 49.7 Å². The highest BCUT2D eigenvalue weighted by molar-refractivity contribution is 5.77. The van der Waals surface area contributed by atoms with Crippen LogP contribution in [0.5, 0.6) is 11.5 Å². The van der Waals surface area contributed by atoms with E-state index in [-0.39, 0.29) is 49.2 Å². The van der Waals surface area contributed by atoms with Crippen LogP contribution in [-0.2, 0) is 35.1 Å². The van der Waals surface area contributed by atoms with Crippen molar-refractivity contribution in [1.82, 2.24) is 5.32 Å². The van der Waals surface area contributed by atoms with E-state index in [0.29, 0.717) is 18.4 Å². The minimum absolute atomic E-state index is 0.129. The van der Waals surface area contributed by atoms with Gasteiger partial charge in [-0.2, -0.15) is 0 Å². The maximum atomic E-state index is 12.5. The van der Waals surface area contributed by atoms with Crippen LogP contribution in [0.1, 0.15) is 91.5 Å². The Hall–Kier alpha value is -2.94. The molecule has 0 aromatic heterocycles. The van der Waals surface area contributed by atoms with E-state index in [4.69, 9.17) is 18.9 Å². The molecule has 0 aliphatic heterocycles. The van der Waals surface area contributed by atoms with Crippen LogP contribution in [0.15, 0.2) is 18.2 Å². The number of unbranched alkanes of at least 4 members (excludes halogenated alkanes) is 2. The summed E-state index contributed by atoms with van der Waals surface area (Å²) < 4.78 is 21.5. The van der Waals surface area contributed by atoms with Gasteiger partial charge in [0.05, 0.1) is 13.0 Å². The quantitative estimate of drug-likeness (QED) is 0.206. The predicted molar refractivity (Wildman–Crippen MR) is 144 cm³/mol. The molecule has 0 radical (unpaired) electrons. The molecule has 1 aromatic carbocycles. The maximum absolute atomic E-state index is 12.5. The highest BCUT2D eigenvalue weighted by atomic mass is 16.6. The summed E-state index contributed by atoms with van der Waals surface area (Å²) >= 11 is 0. The second-order valence-electron chi connectivity index (χ2n) is 9.56. The van der Waals surface area contributed by atoms with Crippen LogP contribution in [0.4, 0.5) is 0 Å². The van der Waals surface area contributed by atoms with E-state index in [9.17, 15) is 19.2 Å². The lowest BCUT2D eigenvalue weighted by atomic mass is 10.0. The summed E-state index contributed by atoms with van der Waals surface area (Å²) in [6.45, 7) is 9.80. The number of nitrogens with one attached hydrogen (secondary N) is 1. The highest BCUT2D eigenvalue weighted by Crippen LogP contribution is 2.30. The van der Waals surface area contributed by atoms with E-state index < -0.39 is 30.1 Å². The van der Waals surface area contributed by atoms with Gasteiger partial charge in [-0.05, 0) is 50.3 Å². The van der Waals surface area contributed by atoms with Gasteiger partial charge in [0.25, 0.3) is 0 Å². The number of hydrogen-bond acceptors (Lipinski definition) is 9. The SMILES string of the molecule is CCCCC(=O)Oc1ccc(C[C@H](NCC(C)OC(=O)C(C)CCC)C(=O)OC)cc1OC(=O)CCCC. The van der Waals surface area contributed by atoms with Crippen LogP contribution < -0.4 is 14.8 Å². The van der Waals surface area contributed by atoms with Crippen molar-refractivity contribution in [2.45, 2.75) is 105 Å². The van der Waals surface area contributed by atoms with Gasteiger partial charge in [0.1, 0.15) is 12.1 Å². The highest BCUT2D eigenvalue weighted by Gasteiger charge is 2.23. The second-order valence-corrected chi connectivity index (χ2v) is 9.56. The van der Waals surface area contributed by atoms with E-state index in [0.717, 1.165) is 25.7 Å². The first kappa shape index (κ1) is 33.1. The molecule has 0 fully saturated rings. The minimum atomic E-state index is -0.740. The topological polar surface area (TPSA) is 117 Å². The smallest absolute Gasteiger partial charge is 0.323 e. The molecule has 0 saturated heterocycles. The number of carbonyl (C=O) groups is 4. The van der Waals surface area contributed by atoms with Gasteiger partial charge in [0, 0.05) is 19.4 Å². The molecule has 9 heteroatoms. The zero-order chi connectivity index (χ0) is 28.5. The lowest BCUT2D eigenvalue weighted by Crippen LogP contribution is -2.43.